The van der Waals surface area contributed by atoms with Crippen molar-refractivity contribution in [3.63, 3.8) is 0 Å². The smallest absolute Gasteiger partial charge is 0.339 e. The van der Waals surface area contributed by atoms with Crippen molar-refractivity contribution < 1.29 is 31.7 Å². The minimum atomic E-state index is -4.17. The summed E-state index contributed by atoms with van der Waals surface area (Å²) in [6, 6.07) is 10.4. The van der Waals surface area contributed by atoms with Gasteiger partial charge in [-0.15, -0.1) is 0 Å². The molecule has 0 radical (unpaired) electrons. The zero-order valence-electron chi connectivity index (χ0n) is 22.6. The van der Waals surface area contributed by atoms with E-state index in [0.29, 0.717) is 58.9 Å². The molecule has 1 heterocycles. The first-order valence-corrected chi connectivity index (χ1v) is 14.6. The van der Waals surface area contributed by atoms with Crippen molar-refractivity contribution in [2.24, 2.45) is 10.8 Å². The van der Waals surface area contributed by atoms with Gasteiger partial charge in [0.2, 0.25) is 0 Å². The Morgan fingerprint density at radius 2 is 1.36 bits per heavy atom. The quantitative estimate of drug-likeness (QED) is 0.378. The highest BCUT2D eigenvalue weighted by Gasteiger charge is 2.48. The van der Waals surface area contributed by atoms with Gasteiger partial charge in [0.05, 0.1) is 7.11 Å². The number of methoxy groups -OCH3 is 1. The van der Waals surface area contributed by atoms with E-state index in [-0.39, 0.29) is 38.8 Å². The Hall–Kier alpha value is -3.10. The predicted octanol–water partition coefficient (Wildman–Crippen LogP) is 6.52. The highest BCUT2D eigenvalue weighted by Crippen LogP contribution is 2.53. The topological polar surface area (TPSA) is 96.0 Å². The van der Waals surface area contributed by atoms with Gasteiger partial charge in [0.15, 0.2) is 23.1 Å². The number of Topliss-reactive ketones (excluding diaryl/α,β-unsaturated/α-hetero) is 2. The van der Waals surface area contributed by atoms with Crippen LogP contribution in [0.4, 0.5) is 0 Å². The van der Waals surface area contributed by atoms with Crippen LogP contribution in [0.1, 0.15) is 64.9 Å². The number of rotatable bonds is 5. The number of hydrogen-bond donors (Lipinski definition) is 0. The number of ether oxygens (including phenoxy) is 2. The Kier molecular flexibility index (Phi) is 6.71. The van der Waals surface area contributed by atoms with Crippen LogP contribution in [0, 0.1) is 10.8 Å². The van der Waals surface area contributed by atoms with Gasteiger partial charge in [-0.3, -0.25) is 9.59 Å². The Bertz CT molecular complexity index is 1490. The molecular weight excluding hydrogens is 540 g/mol. The third kappa shape index (κ3) is 5.24. The van der Waals surface area contributed by atoms with Crippen molar-refractivity contribution in [3.8, 4) is 11.5 Å². The molecule has 206 valence electrons. The Morgan fingerprint density at radius 3 is 1.87 bits per heavy atom. The number of carbonyl (C=O) groups excluding carboxylic acids is 2. The minimum absolute atomic E-state index is 0.0149. The van der Waals surface area contributed by atoms with E-state index in [1.165, 1.54) is 37.4 Å². The second-order valence-electron chi connectivity index (χ2n) is 12.0. The number of benzene rings is 2. The number of allylic oxidation sites excluding steroid dienone is 4. The zero-order chi connectivity index (χ0) is 28.3. The monoisotopic (exact) mass is 570 g/mol. The van der Waals surface area contributed by atoms with Crippen LogP contribution < -0.4 is 8.92 Å². The van der Waals surface area contributed by atoms with E-state index >= 15 is 0 Å². The first kappa shape index (κ1) is 27.5. The van der Waals surface area contributed by atoms with E-state index in [0.717, 1.165) is 0 Å². The molecule has 2 aromatic carbocycles. The molecule has 0 fully saturated rings. The van der Waals surface area contributed by atoms with Gasteiger partial charge in [0.1, 0.15) is 16.4 Å². The Labute approximate surface area is 233 Å². The van der Waals surface area contributed by atoms with Crippen LogP contribution >= 0.6 is 11.6 Å². The van der Waals surface area contributed by atoms with Crippen LogP contribution in [0.15, 0.2) is 70.0 Å². The molecule has 0 saturated carbocycles. The molecule has 39 heavy (non-hydrogen) atoms. The van der Waals surface area contributed by atoms with Gasteiger partial charge in [0, 0.05) is 47.8 Å². The molecule has 0 unspecified atom stereocenters. The highest BCUT2D eigenvalue weighted by molar-refractivity contribution is 7.87. The maximum absolute atomic E-state index is 13.5. The van der Waals surface area contributed by atoms with Gasteiger partial charge in [-0.25, -0.2) is 0 Å². The van der Waals surface area contributed by atoms with Crippen LogP contribution in [0.3, 0.4) is 0 Å². The van der Waals surface area contributed by atoms with Crippen molar-refractivity contribution in [3.05, 3.63) is 75.7 Å². The maximum atomic E-state index is 13.5. The van der Waals surface area contributed by atoms with Gasteiger partial charge < -0.3 is 13.7 Å². The predicted molar refractivity (Wildman–Crippen MR) is 146 cm³/mol. The molecule has 9 heteroatoms. The van der Waals surface area contributed by atoms with Gasteiger partial charge in [0.25, 0.3) is 0 Å². The Balaban J connectivity index is 1.60. The highest BCUT2D eigenvalue weighted by atomic mass is 35.5. The van der Waals surface area contributed by atoms with Gasteiger partial charge in [-0.05, 0) is 52.8 Å². The molecule has 0 atom stereocenters. The fourth-order valence-electron chi connectivity index (χ4n) is 5.71. The van der Waals surface area contributed by atoms with Gasteiger partial charge in [-0.1, -0.05) is 45.4 Å². The molecule has 0 amide bonds. The fourth-order valence-corrected chi connectivity index (χ4v) is 6.77. The first-order valence-electron chi connectivity index (χ1n) is 12.8. The van der Waals surface area contributed by atoms with Gasteiger partial charge in [-0.2, -0.15) is 8.42 Å². The summed E-state index contributed by atoms with van der Waals surface area (Å²) in [7, 11) is -2.76. The zero-order valence-corrected chi connectivity index (χ0v) is 24.2. The second-order valence-corrected chi connectivity index (χ2v) is 14.0. The molecule has 2 aromatic rings. The maximum Gasteiger partial charge on any atom is 0.339 e. The molecule has 0 spiro atoms. The molecule has 3 aliphatic rings. The lowest BCUT2D eigenvalue weighted by Gasteiger charge is -2.42. The van der Waals surface area contributed by atoms with Crippen LogP contribution in [0.2, 0.25) is 5.02 Å². The van der Waals surface area contributed by atoms with Crippen molar-refractivity contribution in [1.29, 1.82) is 0 Å². The fraction of sp³-hybridized carbons (Fsp3) is 0.400. The summed E-state index contributed by atoms with van der Waals surface area (Å²) in [6.07, 6.45) is 1.83. The summed E-state index contributed by atoms with van der Waals surface area (Å²) < 4.78 is 43.1. The standard InChI is InChI=1S/C30H31ClO7S/c1-29(2)13-20(32)27-24(15-29)37-25-16-30(3,4)14-21(33)28(25)26(27)17-6-11-22(23(12-17)36-5)38-39(34,35)19-9-7-18(31)8-10-19/h6-12,26H,13-16H2,1-5H3. The largest absolute Gasteiger partial charge is 0.493 e. The average molecular weight is 571 g/mol. The summed E-state index contributed by atoms with van der Waals surface area (Å²) in [6.45, 7) is 8.12. The van der Waals surface area contributed by atoms with Crippen molar-refractivity contribution in [2.75, 3.05) is 7.11 Å². The van der Waals surface area contributed by atoms with E-state index in [9.17, 15) is 18.0 Å². The molecular formula is C30H31ClO7S. The lowest BCUT2D eigenvalue weighted by molar-refractivity contribution is -0.120. The second kappa shape index (κ2) is 9.52. The van der Waals surface area contributed by atoms with Gasteiger partial charge >= 0.3 is 10.1 Å². The lowest BCUT2D eigenvalue weighted by Crippen LogP contribution is -2.37. The van der Waals surface area contributed by atoms with E-state index in [1.54, 1.807) is 12.1 Å². The summed E-state index contributed by atoms with van der Waals surface area (Å²) in [5, 5.41) is 0.399. The Morgan fingerprint density at radius 1 is 0.821 bits per heavy atom. The van der Waals surface area contributed by atoms with E-state index in [4.69, 9.17) is 25.3 Å². The van der Waals surface area contributed by atoms with Crippen molar-refractivity contribution in [2.45, 2.75) is 64.2 Å². The number of hydrogen-bond acceptors (Lipinski definition) is 7. The van der Waals surface area contributed by atoms with E-state index < -0.39 is 16.0 Å². The molecule has 0 bridgehead atoms. The third-order valence-corrected chi connectivity index (χ3v) is 8.91. The molecule has 0 aromatic heterocycles. The van der Waals surface area contributed by atoms with E-state index in [2.05, 4.69) is 0 Å². The minimum Gasteiger partial charge on any atom is -0.493 e. The molecule has 1 aliphatic heterocycles. The average Bonchev–Trinajstić information content (AvgIpc) is 2.81. The number of ketones is 2. The third-order valence-electron chi connectivity index (χ3n) is 7.40. The van der Waals surface area contributed by atoms with E-state index in [1.807, 2.05) is 27.7 Å². The number of halogens is 1. The summed E-state index contributed by atoms with van der Waals surface area (Å²) in [4.78, 5) is 27.0. The van der Waals surface area contributed by atoms with Crippen molar-refractivity contribution in [1.82, 2.24) is 0 Å². The molecule has 7 nitrogen and oxygen atoms in total. The SMILES string of the molecule is COc1cc(C2C3=C(CC(C)(C)CC3=O)OC3=C2C(=O)CC(C)(C)C3)ccc1OS(=O)(=O)c1ccc(Cl)cc1. The molecule has 0 saturated heterocycles. The van der Waals surface area contributed by atoms with Crippen LogP contribution in [0.5, 0.6) is 11.5 Å². The van der Waals surface area contributed by atoms with Crippen LogP contribution in [0.25, 0.3) is 0 Å². The molecule has 0 N–H and O–H groups in total. The number of carbonyl (C=O) groups is 2. The summed E-state index contributed by atoms with van der Waals surface area (Å²) in [5.74, 6) is 0.615. The lowest BCUT2D eigenvalue weighted by atomic mass is 9.65. The summed E-state index contributed by atoms with van der Waals surface area (Å²) >= 11 is 5.89. The normalized spacial score (nSPS) is 20.8. The molecule has 2 aliphatic carbocycles. The first-order chi connectivity index (χ1) is 18.2. The van der Waals surface area contributed by atoms with Crippen LogP contribution in [-0.2, 0) is 24.4 Å². The van der Waals surface area contributed by atoms with Crippen molar-refractivity contribution >= 4 is 33.3 Å². The molecule has 5 rings (SSSR count). The van der Waals surface area contributed by atoms with Crippen LogP contribution in [-0.4, -0.2) is 27.1 Å². The summed E-state index contributed by atoms with van der Waals surface area (Å²) in [5.41, 5.74) is 1.08.